The van der Waals surface area contributed by atoms with Crippen molar-refractivity contribution in [2.24, 2.45) is 7.05 Å². The van der Waals surface area contributed by atoms with Gasteiger partial charge < -0.3 is 4.57 Å². The summed E-state index contributed by atoms with van der Waals surface area (Å²) in [6.45, 7) is 2.17. The first kappa shape index (κ1) is 12.7. The van der Waals surface area contributed by atoms with E-state index >= 15 is 0 Å². The Morgan fingerprint density at radius 3 is 2.00 bits per heavy atom. The largest absolute Gasteiger partial charge is 0.343 e. The van der Waals surface area contributed by atoms with Gasteiger partial charge >= 0.3 is 0 Å². The van der Waals surface area contributed by atoms with Crippen LogP contribution in [-0.2, 0) is 7.05 Å². The lowest BCUT2D eigenvalue weighted by Gasteiger charge is -2.08. The minimum atomic E-state index is 1.30. The number of rotatable bonds is 0. The number of nitrogens with zero attached hydrogens (tertiary/aromatic N) is 1. The molecule has 0 aliphatic carbocycles. The van der Waals surface area contributed by atoms with Crippen molar-refractivity contribution in [2.45, 2.75) is 6.92 Å². The molecule has 0 aliphatic heterocycles. The van der Waals surface area contributed by atoms with Gasteiger partial charge in [0, 0.05) is 28.7 Å². The van der Waals surface area contributed by atoms with E-state index in [0.29, 0.717) is 0 Å². The standard InChI is InChI=1S/C22H17N/c1-14-11-12-20-19(13-14)21-17-9-5-3-7-15(17)16-8-4-6-10-18(16)22(21)23(20)2/h3-13H,1-2H3. The van der Waals surface area contributed by atoms with Crippen molar-refractivity contribution >= 4 is 43.4 Å². The third-order valence-electron chi connectivity index (χ3n) is 5.02. The molecule has 4 aromatic carbocycles. The Morgan fingerprint density at radius 1 is 0.652 bits per heavy atom. The Morgan fingerprint density at radius 2 is 1.26 bits per heavy atom. The maximum atomic E-state index is 2.35. The van der Waals surface area contributed by atoms with Gasteiger partial charge in [-0.2, -0.15) is 0 Å². The number of hydrogen-bond donors (Lipinski definition) is 0. The first-order chi connectivity index (χ1) is 11.3. The fourth-order valence-corrected chi connectivity index (χ4v) is 4.01. The quantitative estimate of drug-likeness (QED) is 0.311. The van der Waals surface area contributed by atoms with Gasteiger partial charge in [-0.3, -0.25) is 0 Å². The topological polar surface area (TPSA) is 4.93 Å². The monoisotopic (exact) mass is 295 g/mol. The van der Waals surface area contributed by atoms with Crippen LogP contribution in [0.15, 0.2) is 66.7 Å². The number of aryl methyl sites for hydroxylation is 2. The smallest absolute Gasteiger partial charge is 0.0574 e. The minimum absolute atomic E-state index is 1.30. The van der Waals surface area contributed by atoms with E-state index in [0.717, 1.165) is 0 Å². The molecule has 5 aromatic rings. The van der Waals surface area contributed by atoms with Crippen LogP contribution in [0, 0.1) is 6.92 Å². The molecule has 0 atom stereocenters. The summed E-state index contributed by atoms with van der Waals surface area (Å²) in [5.74, 6) is 0. The number of benzene rings is 4. The molecule has 0 N–H and O–H groups in total. The minimum Gasteiger partial charge on any atom is -0.343 e. The molecule has 1 nitrogen and oxygen atoms in total. The highest BCUT2D eigenvalue weighted by Gasteiger charge is 2.15. The van der Waals surface area contributed by atoms with Crippen molar-refractivity contribution < 1.29 is 0 Å². The first-order valence-corrected chi connectivity index (χ1v) is 8.04. The lowest BCUT2D eigenvalue weighted by atomic mass is 9.96. The average molecular weight is 295 g/mol. The van der Waals surface area contributed by atoms with Gasteiger partial charge in [-0.05, 0) is 35.2 Å². The summed E-state index contributed by atoms with van der Waals surface area (Å²) in [5.41, 5.74) is 3.94. The van der Waals surface area contributed by atoms with E-state index in [-0.39, 0.29) is 0 Å². The number of hydrogen-bond acceptors (Lipinski definition) is 0. The van der Waals surface area contributed by atoms with E-state index in [1.165, 1.54) is 48.9 Å². The third-order valence-corrected chi connectivity index (χ3v) is 5.02. The second-order valence-corrected chi connectivity index (χ2v) is 6.39. The highest BCUT2D eigenvalue weighted by atomic mass is 14.9. The van der Waals surface area contributed by atoms with Crippen molar-refractivity contribution in [3.8, 4) is 0 Å². The van der Waals surface area contributed by atoms with E-state index < -0.39 is 0 Å². The summed E-state index contributed by atoms with van der Waals surface area (Å²) >= 11 is 0. The Bertz CT molecular complexity index is 1220. The molecule has 1 aromatic heterocycles. The summed E-state index contributed by atoms with van der Waals surface area (Å²) in [4.78, 5) is 0. The molecule has 1 heterocycles. The average Bonchev–Trinajstić information content (AvgIpc) is 2.88. The van der Waals surface area contributed by atoms with Gasteiger partial charge in [0.15, 0.2) is 0 Å². The predicted octanol–water partition coefficient (Wildman–Crippen LogP) is 5.95. The van der Waals surface area contributed by atoms with Gasteiger partial charge in [0.05, 0.1) is 5.52 Å². The highest BCUT2D eigenvalue weighted by Crippen LogP contribution is 2.40. The van der Waals surface area contributed by atoms with Crippen LogP contribution in [-0.4, -0.2) is 4.57 Å². The van der Waals surface area contributed by atoms with Crippen LogP contribution in [0.5, 0.6) is 0 Å². The predicted molar refractivity (Wildman–Crippen MR) is 100 cm³/mol. The Labute approximate surface area is 134 Å². The van der Waals surface area contributed by atoms with Crippen molar-refractivity contribution in [1.82, 2.24) is 4.57 Å². The van der Waals surface area contributed by atoms with Crippen molar-refractivity contribution in [1.29, 1.82) is 0 Å². The molecule has 1 heteroatoms. The maximum Gasteiger partial charge on any atom is 0.0574 e. The van der Waals surface area contributed by atoms with E-state index in [1.807, 2.05) is 0 Å². The van der Waals surface area contributed by atoms with Gasteiger partial charge in [-0.25, -0.2) is 0 Å². The van der Waals surface area contributed by atoms with Gasteiger partial charge in [0.25, 0.3) is 0 Å². The zero-order valence-corrected chi connectivity index (χ0v) is 13.3. The van der Waals surface area contributed by atoms with Crippen LogP contribution >= 0.6 is 0 Å². The maximum absolute atomic E-state index is 2.35. The molecule has 0 radical (unpaired) electrons. The van der Waals surface area contributed by atoms with E-state index in [4.69, 9.17) is 0 Å². The molecule has 23 heavy (non-hydrogen) atoms. The zero-order valence-electron chi connectivity index (χ0n) is 13.3. The zero-order chi connectivity index (χ0) is 15.6. The van der Waals surface area contributed by atoms with Gasteiger partial charge in [0.2, 0.25) is 0 Å². The molecule has 0 fully saturated rings. The molecule has 5 rings (SSSR count). The Kier molecular flexibility index (Phi) is 2.41. The molecule has 0 bridgehead atoms. The van der Waals surface area contributed by atoms with Gasteiger partial charge in [0.1, 0.15) is 0 Å². The second-order valence-electron chi connectivity index (χ2n) is 6.39. The van der Waals surface area contributed by atoms with Crippen LogP contribution in [0.3, 0.4) is 0 Å². The molecule has 110 valence electrons. The molecule has 0 unspecified atom stereocenters. The normalized spacial score (nSPS) is 11.9. The van der Waals surface area contributed by atoms with Crippen molar-refractivity contribution in [3.63, 3.8) is 0 Å². The van der Waals surface area contributed by atoms with Crippen molar-refractivity contribution in [2.75, 3.05) is 0 Å². The lowest BCUT2D eigenvalue weighted by molar-refractivity contribution is 1.02. The molecular weight excluding hydrogens is 278 g/mol. The molecular formula is C22H17N. The van der Waals surface area contributed by atoms with Crippen LogP contribution in [0.25, 0.3) is 43.4 Å². The second kappa shape index (κ2) is 4.36. The summed E-state index contributed by atoms with van der Waals surface area (Å²) in [6, 6.07) is 24.3. The SMILES string of the molecule is Cc1ccc2c(c1)c1c3ccccc3c3ccccc3c1n2C. The third kappa shape index (κ3) is 1.57. The van der Waals surface area contributed by atoms with Crippen LogP contribution < -0.4 is 0 Å². The molecule has 0 saturated carbocycles. The summed E-state index contributed by atoms with van der Waals surface area (Å²) in [5, 5.41) is 8.07. The Hall–Kier alpha value is -2.80. The Balaban J connectivity index is 2.26. The highest BCUT2D eigenvalue weighted by molar-refractivity contribution is 6.31. The summed E-state index contributed by atoms with van der Waals surface area (Å²) in [7, 11) is 2.18. The lowest BCUT2D eigenvalue weighted by Crippen LogP contribution is -1.88. The fourth-order valence-electron chi connectivity index (χ4n) is 4.01. The van der Waals surface area contributed by atoms with Crippen LogP contribution in [0.2, 0.25) is 0 Å². The van der Waals surface area contributed by atoms with E-state index in [2.05, 4.69) is 85.3 Å². The van der Waals surface area contributed by atoms with Gasteiger partial charge in [-0.15, -0.1) is 0 Å². The van der Waals surface area contributed by atoms with Crippen LogP contribution in [0.4, 0.5) is 0 Å². The fraction of sp³-hybridized carbons (Fsp3) is 0.0909. The van der Waals surface area contributed by atoms with E-state index in [1.54, 1.807) is 0 Å². The summed E-state index contributed by atoms with van der Waals surface area (Å²) < 4.78 is 2.35. The van der Waals surface area contributed by atoms with Crippen LogP contribution in [0.1, 0.15) is 5.56 Å². The van der Waals surface area contributed by atoms with Crippen molar-refractivity contribution in [3.05, 3.63) is 72.3 Å². The number of fused-ring (bicyclic) bond motifs is 8. The summed E-state index contributed by atoms with van der Waals surface area (Å²) in [6.07, 6.45) is 0. The molecule has 0 spiro atoms. The number of aromatic nitrogens is 1. The van der Waals surface area contributed by atoms with Gasteiger partial charge in [-0.1, -0.05) is 60.2 Å². The molecule has 0 aliphatic rings. The molecule has 0 saturated heterocycles. The molecule has 0 amide bonds. The first-order valence-electron chi connectivity index (χ1n) is 8.04. The van der Waals surface area contributed by atoms with E-state index in [9.17, 15) is 0 Å².